The number of hydrogen-bond donors (Lipinski definition) is 2. The van der Waals surface area contributed by atoms with Crippen molar-refractivity contribution in [2.45, 2.75) is 31.7 Å². The molecule has 0 saturated heterocycles. The number of rotatable bonds is 4. The van der Waals surface area contributed by atoms with Crippen molar-refractivity contribution in [1.29, 1.82) is 0 Å². The van der Waals surface area contributed by atoms with Crippen molar-refractivity contribution < 1.29 is 19.1 Å². The van der Waals surface area contributed by atoms with Gasteiger partial charge >= 0.3 is 5.97 Å². The van der Waals surface area contributed by atoms with Crippen LogP contribution in [0.3, 0.4) is 0 Å². The fourth-order valence-electron chi connectivity index (χ4n) is 2.87. The number of anilines is 1. The Labute approximate surface area is 131 Å². The van der Waals surface area contributed by atoms with E-state index in [2.05, 4.69) is 10.4 Å². The van der Waals surface area contributed by atoms with Crippen molar-refractivity contribution in [3.8, 4) is 0 Å². The molecule has 120 valence electrons. The van der Waals surface area contributed by atoms with Gasteiger partial charge in [0, 0.05) is 6.20 Å². The van der Waals surface area contributed by atoms with Crippen molar-refractivity contribution in [3.63, 3.8) is 0 Å². The molecule has 2 aromatic rings. The number of aromatic carboxylic acids is 1. The number of benzene rings is 1. The topological polar surface area (TPSA) is 84.2 Å². The fraction of sp³-hybridized carbons (Fsp3) is 0.312. The third-order valence-electron chi connectivity index (χ3n) is 4.04. The zero-order valence-corrected chi connectivity index (χ0v) is 12.3. The summed E-state index contributed by atoms with van der Waals surface area (Å²) in [5.41, 5.74) is 0.0945. The Hall–Kier alpha value is -2.70. The van der Waals surface area contributed by atoms with Gasteiger partial charge in [-0.25, -0.2) is 9.18 Å². The van der Waals surface area contributed by atoms with Crippen LogP contribution in [0.4, 0.5) is 10.1 Å². The summed E-state index contributed by atoms with van der Waals surface area (Å²) in [6.07, 6.45) is 5.66. The molecule has 1 fully saturated rings. The SMILES string of the molecule is O=C(O)c1ccc(F)c(NC(=O)c2ccnn2C2CCCC2)c1. The van der Waals surface area contributed by atoms with E-state index in [1.54, 1.807) is 10.7 Å². The average molecular weight is 317 g/mol. The first-order chi connectivity index (χ1) is 11.1. The maximum absolute atomic E-state index is 13.8. The fourth-order valence-corrected chi connectivity index (χ4v) is 2.87. The van der Waals surface area contributed by atoms with E-state index >= 15 is 0 Å². The molecular formula is C16H16FN3O3. The highest BCUT2D eigenvalue weighted by molar-refractivity contribution is 6.03. The first-order valence-corrected chi connectivity index (χ1v) is 7.44. The molecule has 1 heterocycles. The molecule has 3 rings (SSSR count). The molecule has 23 heavy (non-hydrogen) atoms. The lowest BCUT2D eigenvalue weighted by Crippen LogP contribution is -2.20. The summed E-state index contributed by atoms with van der Waals surface area (Å²) in [4.78, 5) is 23.4. The smallest absolute Gasteiger partial charge is 0.335 e. The number of carboxylic acid groups (broad SMARTS) is 1. The van der Waals surface area contributed by atoms with E-state index in [0.717, 1.165) is 43.9 Å². The highest BCUT2D eigenvalue weighted by Gasteiger charge is 2.23. The quantitative estimate of drug-likeness (QED) is 0.907. The third kappa shape index (κ3) is 3.08. The van der Waals surface area contributed by atoms with Gasteiger partial charge in [0.2, 0.25) is 0 Å². The van der Waals surface area contributed by atoms with Gasteiger partial charge in [0.1, 0.15) is 11.5 Å². The zero-order valence-electron chi connectivity index (χ0n) is 12.3. The van der Waals surface area contributed by atoms with Gasteiger partial charge < -0.3 is 10.4 Å². The van der Waals surface area contributed by atoms with Crippen LogP contribution in [-0.2, 0) is 0 Å². The number of amides is 1. The molecule has 1 saturated carbocycles. The molecule has 0 atom stereocenters. The van der Waals surface area contributed by atoms with Crippen LogP contribution >= 0.6 is 0 Å². The summed E-state index contributed by atoms with van der Waals surface area (Å²) in [5, 5.41) is 15.6. The average Bonchev–Trinajstić information content (AvgIpc) is 3.19. The predicted octanol–water partition coefficient (Wildman–Crippen LogP) is 3.09. The van der Waals surface area contributed by atoms with Crippen LogP contribution in [0.25, 0.3) is 0 Å². The number of aromatic nitrogens is 2. The van der Waals surface area contributed by atoms with E-state index in [0.29, 0.717) is 5.69 Å². The second-order valence-corrected chi connectivity index (χ2v) is 5.55. The molecule has 1 amide bonds. The predicted molar refractivity (Wildman–Crippen MR) is 81.0 cm³/mol. The molecule has 1 aliphatic carbocycles. The minimum absolute atomic E-state index is 0.0917. The van der Waals surface area contributed by atoms with Crippen molar-refractivity contribution in [2.24, 2.45) is 0 Å². The van der Waals surface area contributed by atoms with Crippen LogP contribution in [0, 0.1) is 5.82 Å². The normalized spacial score (nSPS) is 14.8. The van der Waals surface area contributed by atoms with Crippen LogP contribution in [0.2, 0.25) is 0 Å². The van der Waals surface area contributed by atoms with Crippen molar-refractivity contribution >= 4 is 17.6 Å². The van der Waals surface area contributed by atoms with E-state index < -0.39 is 17.7 Å². The molecule has 7 heteroatoms. The van der Waals surface area contributed by atoms with Gasteiger partial charge in [-0.1, -0.05) is 12.8 Å². The van der Waals surface area contributed by atoms with Gasteiger partial charge in [-0.2, -0.15) is 5.10 Å². The van der Waals surface area contributed by atoms with Crippen LogP contribution in [0.15, 0.2) is 30.5 Å². The van der Waals surface area contributed by atoms with Crippen LogP contribution in [0.1, 0.15) is 52.6 Å². The van der Waals surface area contributed by atoms with Gasteiger partial charge in [-0.3, -0.25) is 9.48 Å². The molecule has 1 aliphatic rings. The highest BCUT2D eigenvalue weighted by atomic mass is 19.1. The molecule has 2 N–H and O–H groups in total. The summed E-state index contributed by atoms with van der Waals surface area (Å²) < 4.78 is 15.5. The number of carbonyl (C=O) groups excluding carboxylic acids is 1. The largest absolute Gasteiger partial charge is 0.478 e. The number of hydrogen-bond acceptors (Lipinski definition) is 3. The van der Waals surface area contributed by atoms with Crippen LogP contribution in [0.5, 0.6) is 0 Å². The van der Waals surface area contributed by atoms with Gasteiger partial charge in [-0.05, 0) is 37.1 Å². The van der Waals surface area contributed by atoms with Crippen molar-refractivity contribution in [2.75, 3.05) is 5.32 Å². The summed E-state index contributed by atoms with van der Waals surface area (Å²) in [5.74, 6) is -2.37. The number of halogens is 1. The number of nitrogens with one attached hydrogen (secondary N) is 1. The second kappa shape index (κ2) is 6.20. The van der Waals surface area contributed by atoms with Crippen molar-refractivity contribution in [3.05, 3.63) is 47.5 Å². The maximum Gasteiger partial charge on any atom is 0.335 e. The van der Waals surface area contributed by atoms with Gasteiger partial charge in [-0.15, -0.1) is 0 Å². The lowest BCUT2D eigenvalue weighted by atomic mass is 10.2. The Morgan fingerprint density at radius 1 is 1.26 bits per heavy atom. The number of carbonyl (C=O) groups is 2. The van der Waals surface area contributed by atoms with Crippen LogP contribution < -0.4 is 5.32 Å². The Kier molecular flexibility index (Phi) is 4.10. The molecule has 1 aromatic carbocycles. The monoisotopic (exact) mass is 317 g/mol. The molecule has 6 nitrogen and oxygen atoms in total. The van der Waals surface area contributed by atoms with Crippen LogP contribution in [-0.4, -0.2) is 26.8 Å². The minimum atomic E-state index is -1.18. The van der Waals surface area contributed by atoms with Crippen molar-refractivity contribution in [1.82, 2.24) is 9.78 Å². The zero-order chi connectivity index (χ0) is 16.4. The second-order valence-electron chi connectivity index (χ2n) is 5.55. The van der Waals surface area contributed by atoms with E-state index in [1.807, 2.05) is 0 Å². The molecule has 0 radical (unpaired) electrons. The Morgan fingerprint density at radius 2 is 2.00 bits per heavy atom. The minimum Gasteiger partial charge on any atom is -0.478 e. The maximum atomic E-state index is 13.8. The van der Waals surface area contributed by atoms with Gasteiger partial charge in [0.15, 0.2) is 0 Å². The van der Waals surface area contributed by atoms with E-state index in [9.17, 15) is 14.0 Å². The first-order valence-electron chi connectivity index (χ1n) is 7.44. The first kappa shape index (κ1) is 15.2. The molecule has 0 spiro atoms. The standard InChI is InChI=1S/C16H16FN3O3/c17-12-6-5-10(16(22)23)9-13(12)19-15(21)14-7-8-18-20(14)11-3-1-2-4-11/h5-9,11H,1-4H2,(H,19,21)(H,22,23). The summed E-state index contributed by atoms with van der Waals surface area (Å²) >= 11 is 0. The molecular weight excluding hydrogens is 301 g/mol. The number of nitrogens with zero attached hydrogens (tertiary/aromatic N) is 2. The number of carboxylic acids is 1. The molecule has 0 unspecified atom stereocenters. The van der Waals surface area contributed by atoms with E-state index in [1.165, 1.54) is 6.20 Å². The lowest BCUT2D eigenvalue weighted by molar-refractivity contribution is 0.0696. The van der Waals surface area contributed by atoms with E-state index in [4.69, 9.17) is 5.11 Å². The summed E-state index contributed by atoms with van der Waals surface area (Å²) in [6, 6.07) is 5.03. The molecule has 0 aliphatic heterocycles. The summed E-state index contributed by atoms with van der Waals surface area (Å²) in [7, 11) is 0. The Bertz CT molecular complexity index is 751. The van der Waals surface area contributed by atoms with E-state index in [-0.39, 0.29) is 17.3 Å². The van der Waals surface area contributed by atoms with Gasteiger partial charge in [0.05, 0.1) is 17.3 Å². The molecule has 1 aromatic heterocycles. The Balaban J connectivity index is 1.84. The van der Waals surface area contributed by atoms with Gasteiger partial charge in [0.25, 0.3) is 5.91 Å². The summed E-state index contributed by atoms with van der Waals surface area (Å²) in [6.45, 7) is 0. The third-order valence-corrected chi connectivity index (χ3v) is 4.04. The molecule has 0 bridgehead atoms. The highest BCUT2D eigenvalue weighted by Crippen LogP contribution is 2.30. The Morgan fingerprint density at radius 3 is 2.70 bits per heavy atom. The lowest BCUT2D eigenvalue weighted by Gasteiger charge is -2.14.